The van der Waals surface area contributed by atoms with E-state index >= 15 is 0 Å². The van der Waals surface area contributed by atoms with E-state index in [1.54, 1.807) is 6.07 Å². The second-order valence-electron chi connectivity index (χ2n) is 11.2. The summed E-state index contributed by atoms with van der Waals surface area (Å²) in [6.07, 6.45) is 5.56. The molecular weight excluding hydrogens is 602 g/mol. The van der Waals surface area contributed by atoms with Gasteiger partial charge in [-0.25, -0.2) is 18.7 Å². The molecule has 7 rings (SSSR count). The smallest absolute Gasteiger partial charge is 0.257 e. The molecule has 3 fully saturated rings. The number of benzene rings is 2. The van der Waals surface area contributed by atoms with E-state index in [0.717, 1.165) is 55.3 Å². The van der Waals surface area contributed by atoms with E-state index in [0.29, 0.717) is 29.3 Å². The second-order valence-corrected chi connectivity index (χ2v) is 11.6. The van der Waals surface area contributed by atoms with Crippen molar-refractivity contribution in [2.24, 2.45) is 0 Å². The van der Waals surface area contributed by atoms with E-state index in [4.69, 9.17) is 21.1 Å². The summed E-state index contributed by atoms with van der Waals surface area (Å²) in [6.45, 7) is 4.46. The maximum Gasteiger partial charge on any atom is 0.257 e. The molecule has 13 heteroatoms. The Labute approximate surface area is 265 Å². The number of nitrogens with one attached hydrogen (secondary N) is 4. The number of morpholine rings is 2. The quantitative estimate of drug-likeness (QED) is 0.176. The van der Waals surface area contributed by atoms with Gasteiger partial charge in [0.2, 0.25) is 5.95 Å². The minimum Gasteiger partial charge on any atom is -0.371 e. The predicted molar refractivity (Wildman–Crippen MR) is 170 cm³/mol. The highest BCUT2D eigenvalue weighted by atomic mass is 35.5. The van der Waals surface area contributed by atoms with Crippen molar-refractivity contribution < 1.29 is 18.3 Å². The van der Waals surface area contributed by atoms with Crippen LogP contribution >= 0.6 is 11.6 Å². The molecule has 3 aliphatic rings. The lowest BCUT2D eigenvalue weighted by atomic mass is 10.1. The molecule has 0 spiro atoms. The minimum absolute atomic E-state index is 0.0596. The van der Waals surface area contributed by atoms with Gasteiger partial charge >= 0.3 is 0 Å². The summed E-state index contributed by atoms with van der Waals surface area (Å²) < 4.78 is 37.2. The van der Waals surface area contributed by atoms with E-state index in [2.05, 4.69) is 36.3 Å². The largest absolute Gasteiger partial charge is 0.371 e. The van der Waals surface area contributed by atoms with Gasteiger partial charge in [-0.1, -0.05) is 29.8 Å². The van der Waals surface area contributed by atoms with Crippen molar-refractivity contribution in [2.75, 3.05) is 50.0 Å². The fourth-order valence-corrected chi connectivity index (χ4v) is 5.38. The molecule has 45 heavy (non-hydrogen) atoms. The lowest BCUT2D eigenvalue weighted by Crippen LogP contribution is -2.33. The minimum atomic E-state index is -2.41. The highest BCUT2D eigenvalue weighted by Crippen LogP contribution is 2.39. The SMILES string of the molecule is Clc1cc(C2CNCCO2)ccc1Nc1ncc(C2CC2)cn1.FC(F)Cn1ccc(Nc2ccc(C3CNCCO3)cc2)n1. The average molecular weight is 639 g/mol. The zero-order valence-electron chi connectivity index (χ0n) is 24.8. The number of hydrogen-bond donors (Lipinski definition) is 4. The second kappa shape index (κ2) is 15.1. The highest BCUT2D eigenvalue weighted by Gasteiger charge is 2.24. The summed E-state index contributed by atoms with van der Waals surface area (Å²) in [5, 5.41) is 17.6. The van der Waals surface area contributed by atoms with Crippen molar-refractivity contribution in [3.63, 3.8) is 0 Å². The molecule has 4 N–H and O–H groups in total. The number of hydrogen-bond acceptors (Lipinski definition) is 9. The van der Waals surface area contributed by atoms with Gasteiger partial charge in [0.05, 0.1) is 36.1 Å². The highest BCUT2D eigenvalue weighted by molar-refractivity contribution is 6.33. The number of anilines is 4. The van der Waals surface area contributed by atoms with E-state index in [-0.39, 0.29) is 12.2 Å². The van der Waals surface area contributed by atoms with Gasteiger partial charge in [-0.05, 0) is 59.7 Å². The first kappa shape index (κ1) is 31.3. The molecule has 4 aromatic rings. The molecule has 1 aliphatic carbocycles. The fraction of sp³-hybridized carbons (Fsp3) is 0.406. The van der Waals surface area contributed by atoms with Gasteiger partial charge in [-0.3, -0.25) is 4.68 Å². The van der Waals surface area contributed by atoms with Crippen LogP contribution in [0.5, 0.6) is 0 Å². The third kappa shape index (κ3) is 8.95. The summed E-state index contributed by atoms with van der Waals surface area (Å²) in [6, 6.07) is 15.5. The molecule has 2 saturated heterocycles. The Balaban J connectivity index is 0.000000159. The number of nitrogens with zero attached hydrogens (tertiary/aromatic N) is 4. The first-order valence-electron chi connectivity index (χ1n) is 15.2. The number of halogens is 3. The molecule has 10 nitrogen and oxygen atoms in total. The molecule has 2 aromatic heterocycles. The van der Waals surface area contributed by atoms with Crippen LogP contribution in [0.1, 0.15) is 47.7 Å². The Hall–Kier alpha value is -3.68. The van der Waals surface area contributed by atoms with E-state index in [1.165, 1.54) is 29.3 Å². The Bertz CT molecular complexity index is 1510. The van der Waals surface area contributed by atoms with Crippen LogP contribution in [0, 0.1) is 0 Å². The van der Waals surface area contributed by atoms with Gasteiger partial charge in [-0.15, -0.1) is 0 Å². The lowest BCUT2D eigenvalue weighted by molar-refractivity contribution is 0.0276. The Morgan fingerprint density at radius 2 is 1.53 bits per heavy atom. The molecule has 0 bridgehead atoms. The fourth-order valence-electron chi connectivity index (χ4n) is 5.14. The number of alkyl halides is 2. The van der Waals surface area contributed by atoms with Gasteiger partial charge < -0.3 is 30.7 Å². The van der Waals surface area contributed by atoms with Crippen molar-refractivity contribution in [3.8, 4) is 0 Å². The summed E-state index contributed by atoms with van der Waals surface area (Å²) in [4.78, 5) is 8.75. The van der Waals surface area contributed by atoms with Crippen LogP contribution < -0.4 is 21.3 Å². The van der Waals surface area contributed by atoms with Gasteiger partial charge in [0, 0.05) is 56.5 Å². The molecule has 238 valence electrons. The third-order valence-corrected chi connectivity index (χ3v) is 8.02. The maximum absolute atomic E-state index is 12.3. The molecular formula is C32H37ClF2N8O2. The summed E-state index contributed by atoms with van der Waals surface area (Å²) >= 11 is 6.40. The zero-order chi connectivity index (χ0) is 31.0. The topological polar surface area (TPSA) is 110 Å². The number of ether oxygens (including phenoxy) is 2. The number of aromatic nitrogens is 4. The van der Waals surface area contributed by atoms with Crippen molar-refractivity contribution in [1.29, 1.82) is 0 Å². The van der Waals surface area contributed by atoms with Gasteiger partial charge in [0.25, 0.3) is 6.43 Å². The Morgan fingerprint density at radius 3 is 2.13 bits per heavy atom. The van der Waals surface area contributed by atoms with Crippen LogP contribution in [-0.2, 0) is 16.0 Å². The molecule has 0 amide bonds. The molecule has 2 aromatic carbocycles. The Morgan fingerprint density at radius 1 is 0.867 bits per heavy atom. The van der Waals surface area contributed by atoms with E-state index < -0.39 is 13.0 Å². The first-order valence-corrected chi connectivity index (χ1v) is 15.6. The van der Waals surface area contributed by atoms with Gasteiger partial charge in [-0.2, -0.15) is 5.10 Å². The van der Waals surface area contributed by atoms with Crippen LogP contribution in [0.25, 0.3) is 0 Å². The van der Waals surface area contributed by atoms with Crippen LogP contribution in [0.2, 0.25) is 5.02 Å². The molecule has 0 radical (unpaired) electrons. The molecule has 2 atom stereocenters. The predicted octanol–water partition coefficient (Wildman–Crippen LogP) is 5.96. The van der Waals surface area contributed by atoms with Crippen LogP contribution in [0.3, 0.4) is 0 Å². The average Bonchev–Trinajstić information content (AvgIpc) is 3.84. The molecule has 2 aliphatic heterocycles. The van der Waals surface area contributed by atoms with Crippen LogP contribution in [0.15, 0.2) is 67.1 Å². The lowest BCUT2D eigenvalue weighted by Gasteiger charge is -2.24. The normalized spacial score (nSPS) is 19.9. The van der Waals surface area contributed by atoms with Crippen molar-refractivity contribution in [3.05, 3.63) is 88.8 Å². The van der Waals surface area contributed by atoms with Crippen molar-refractivity contribution in [2.45, 2.75) is 43.9 Å². The molecule has 4 heterocycles. The van der Waals surface area contributed by atoms with Crippen LogP contribution in [-0.4, -0.2) is 65.6 Å². The maximum atomic E-state index is 12.3. The van der Waals surface area contributed by atoms with E-state index in [9.17, 15) is 8.78 Å². The Kier molecular flexibility index (Phi) is 10.5. The number of rotatable bonds is 9. The standard InChI is InChI=1S/C17H19ClN4O.C15H18F2N4O/c18-14-7-12(16-10-19-5-6-23-16)3-4-15(14)22-17-20-8-13(9-21-17)11-1-2-11;16-14(17)10-21-7-5-15(20-21)19-12-3-1-11(2-4-12)13-9-18-6-8-22-13/h3-4,7-9,11,16,19H,1-2,5-6,10H2,(H,20,21,22);1-5,7,13-14,18H,6,8-10H2,(H,19,20). The van der Waals surface area contributed by atoms with Crippen molar-refractivity contribution in [1.82, 2.24) is 30.4 Å². The third-order valence-electron chi connectivity index (χ3n) is 7.71. The summed E-state index contributed by atoms with van der Waals surface area (Å²) in [7, 11) is 0. The van der Waals surface area contributed by atoms with Gasteiger partial charge in [0.1, 0.15) is 6.54 Å². The summed E-state index contributed by atoms with van der Waals surface area (Å²) in [5.41, 5.74) is 5.07. The molecule has 2 unspecified atom stereocenters. The van der Waals surface area contributed by atoms with Crippen molar-refractivity contribution >= 4 is 34.7 Å². The molecule has 1 saturated carbocycles. The van der Waals surface area contributed by atoms with Gasteiger partial charge in [0.15, 0.2) is 5.82 Å². The first-order chi connectivity index (χ1) is 22.0. The summed E-state index contributed by atoms with van der Waals surface area (Å²) in [5.74, 6) is 1.78. The monoisotopic (exact) mass is 638 g/mol. The van der Waals surface area contributed by atoms with Crippen LogP contribution in [0.4, 0.5) is 31.9 Å². The van der Waals surface area contributed by atoms with E-state index in [1.807, 2.05) is 54.9 Å². The zero-order valence-corrected chi connectivity index (χ0v) is 25.5.